The van der Waals surface area contributed by atoms with Gasteiger partial charge in [0.15, 0.2) is 0 Å². The van der Waals surface area contributed by atoms with Gasteiger partial charge in [-0.15, -0.1) is 10.2 Å². The van der Waals surface area contributed by atoms with Gasteiger partial charge in [0.05, 0.1) is 17.2 Å². The largest absolute Gasteiger partial charge is 0.315 e. The summed E-state index contributed by atoms with van der Waals surface area (Å²) < 4.78 is 0. The second kappa shape index (κ2) is 6.45. The van der Waals surface area contributed by atoms with Crippen molar-refractivity contribution in [1.82, 2.24) is 30.4 Å². The second-order valence-electron chi connectivity index (χ2n) is 6.50. The molecule has 4 heterocycles. The highest BCUT2D eigenvalue weighted by Crippen LogP contribution is 2.37. The number of pyridine rings is 2. The number of nitrogens with one attached hydrogen (secondary N) is 2. The molecule has 4 aromatic rings. The van der Waals surface area contributed by atoms with Crippen LogP contribution < -0.4 is 5.32 Å². The Balaban J connectivity index is 1.42. The summed E-state index contributed by atoms with van der Waals surface area (Å²) in [5.74, 6) is 1.33. The number of anilines is 2. The predicted molar refractivity (Wildman–Crippen MR) is 102 cm³/mol. The van der Waals surface area contributed by atoms with Gasteiger partial charge in [-0.25, -0.2) is 4.98 Å². The molecule has 5 rings (SSSR count). The molecule has 2 N–H and O–H groups in total. The minimum absolute atomic E-state index is 0.578. The number of nitrogens with zero attached hydrogens (tertiary/aromatic N) is 5. The average Bonchev–Trinajstić information content (AvgIpc) is 3.42. The lowest BCUT2D eigenvalue weighted by Gasteiger charge is -2.04. The van der Waals surface area contributed by atoms with Crippen LogP contribution in [0.25, 0.3) is 22.2 Å². The maximum Gasteiger partial charge on any atom is 0.211 e. The normalized spacial score (nSPS) is 14.9. The van der Waals surface area contributed by atoms with Crippen LogP contribution in [0.2, 0.25) is 0 Å². The van der Waals surface area contributed by atoms with Gasteiger partial charge in [-0.05, 0) is 31.0 Å². The van der Waals surface area contributed by atoms with Gasteiger partial charge in [-0.1, -0.05) is 24.2 Å². The first-order valence-corrected chi connectivity index (χ1v) is 9.53. The number of hydrogen-bond donors (Lipinski definition) is 2. The minimum atomic E-state index is 0.578. The number of hydrogen-bond acceptors (Lipinski definition) is 7. The Morgan fingerprint density at radius 3 is 2.81 bits per heavy atom. The Labute approximate surface area is 153 Å². The first-order valence-electron chi connectivity index (χ1n) is 8.71. The molecule has 1 fully saturated rings. The molecule has 7 nitrogen and oxygen atoms in total. The minimum Gasteiger partial charge on any atom is -0.315 e. The molecule has 26 heavy (non-hydrogen) atoms. The molecule has 0 saturated heterocycles. The predicted octanol–water partition coefficient (Wildman–Crippen LogP) is 4.27. The molecular formula is C18H17N7S. The van der Waals surface area contributed by atoms with Gasteiger partial charge in [0.25, 0.3) is 0 Å². The fourth-order valence-corrected chi connectivity index (χ4v) is 4.29. The van der Waals surface area contributed by atoms with Gasteiger partial charge < -0.3 is 5.32 Å². The molecule has 0 aliphatic heterocycles. The van der Waals surface area contributed by atoms with E-state index in [4.69, 9.17) is 0 Å². The standard InChI is InChI=1S/C18H17N7S/c1-2-4-11(3-1)17-24-25-18(26-17)23-16-6-5-14-15(22-16)7-12(8-19-14)13-9-20-21-10-13/h5-11H,1-4H2,(H,20,21)(H,22,23,25). The van der Waals surface area contributed by atoms with Crippen LogP contribution in [0, 0.1) is 0 Å². The van der Waals surface area contributed by atoms with Crippen LogP contribution in [-0.4, -0.2) is 30.4 Å². The third-order valence-electron chi connectivity index (χ3n) is 4.75. The van der Waals surface area contributed by atoms with Crippen molar-refractivity contribution in [3.8, 4) is 11.1 Å². The molecular weight excluding hydrogens is 346 g/mol. The molecule has 130 valence electrons. The van der Waals surface area contributed by atoms with Gasteiger partial charge in [0.2, 0.25) is 5.13 Å². The van der Waals surface area contributed by atoms with Crippen molar-refractivity contribution in [2.75, 3.05) is 5.32 Å². The van der Waals surface area contributed by atoms with Crippen LogP contribution in [0.5, 0.6) is 0 Å². The highest BCUT2D eigenvalue weighted by molar-refractivity contribution is 7.15. The Hall–Kier alpha value is -2.87. The number of rotatable bonds is 4. The van der Waals surface area contributed by atoms with Gasteiger partial charge >= 0.3 is 0 Å². The van der Waals surface area contributed by atoms with Crippen molar-refractivity contribution in [2.45, 2.75) is 31.6 Å². The van der Waals surface area contributed by atoms with Gasteiger partial charge in [-0.3, -0.25) is 10.1 Å². The van der Waals surface area contributed by atoms with Crippen LogP contribution in [-0.2, 0) is 0 Å². The molecule has 4 aromatic heterocycles. The summed E-state index contributed by atoms with van der Waals surface area (Å²) in [5.41, 5.74) is 3.65. The van der Waals surface area contributed by atoms with Crippen molar-refractivity contribution in [3.05, 3.63) is 41.8 Å². The Morgan fingerprint density at radius 1 is 1.04 bits per heavy atom. The van der Waals surface area contributed by atoms with E-state index in [2.05, 4.69) is 35.7 Å². The zero-order chi connectivity index (χ0) is 17.3. The van der Waals surface area contributed by atoms with Crippen molar-refractivity contribution in [2.24, 2.45) is 0 Å². The Morgan fingerprint density at radius 2 is 1.96 bits per heavy atom. The van der Waals surface area contributed by atoms with Crippen LogP contribution in [0.4, 0.5) is 10.9 Å². The first-order chi connectivity index (χ1) is 12.8. The molecule has 1 aliphatic rings. The van der Waals surface area contributed by atoms with E-state index in [0.29, 0.717) is 5.92 Å². The highest BCUT2D eigenvalue weighted by Gasteiger charge is 2.21. The fourth-order valence-electron chi connectivity index (χ4n) is 3.38. The Bertz CT molecular complexity index is 1030. The molecule has 1 saturated carbocycles. The van der Waals surface area contributed by atoms with Crippen LogP contribution in [0.1, 0.15) is 36.6 Å². The van der Waals surface area contributed by atoms with Gasteiger partial charge in [0, 0.05) is 29.4 Å². The quantitative estimate of drug-likeness (QED) is 0.562. The zero-order valence-corrected chi connectivity index (χ0v) is 14.8. The number of aromatic amines is 1. The molecule has 8 heteroatoms. The van der Waals surface area contributed by atoms with E-state index in [-0.39, 0.29) is 0 Å². The SMILES string of the molecule is c1n[nH]cc1-c1cnc2ccc(Nc3nnc(C4CCCC4)s3)nc2c1. The third kappa shape index (κ3) is 2.92. The van der Waals surface area contributed by atoms with Gasteiger partial charge in [0.1, 0.15) is 10.8 Å². The van der Waals surface area contributed by atoms with Crippen LogP contribution in [0.3, 0.4) is 0 Å². The second-order valence-corrected chi connectivity index (χ2v) is 7.51. The number of H-pyrrole nitrogens is 1. The van der Waals surface area contributed by atoms with Crippen molar-refractivity contribution < 1.29 is 0 Å². The summed E-state index contributed by atoms with van der Waals surface area (Å²) in [7, 11) is 0. The summed E-state index contributed by atoms with van der Waals surface area (Å²) in [6.45, 7) is 0. The summed E-state index contributed by atoms with van der Waals surface area (Å²) in [4.78, 5) is 9.17. The van der Waals surface area contributed by atoms with E-state index in [1.165, 1.54) is 25.7 Å². The summed E-state index contributed by atoms with van der Waals surface area (Å²) >= 11 is 1.63. The van der Waals surface area contributed by atoms with E-state index in [1.807, 2.05) is 30.6 Å². The summed E-state index contributed by atoms with van der Waals surface area (Å²) in [6, 6.07) is 5.90. The highest BCUT2D eigenvalue weighted by atomic mass is 32.1. The topological polar surface area (TPSA) is 92.3 Å². The molecule has 0 amide bonds. The molecule has 0 radical (unpaired) electrons. The van der Waals surface area contributed by atoms with E-state index < -0.39 is 0 Å². The summed E-state index contributed by atoms with van der Waals surface area (Å²) in [5, 5.41) is 20.7. The van der Waals surface area contributed by atoms with E-state index in [1.54, 1.807) is 17.5 Å². The lowest BCUT2D eigenvalue weighted by molar-refractivity contribution is 0.705. The molecule has 0 aromatic carbocycles. The maximum atomic E-state index is 4.68. The van der Waals surface area contributed by atoms with E-state index in [9.17, 15) is 0 Å². The van der Waals surface area contributed by atoms with Crippen molar-refractivity contribution >= 4 is 33.3 Å². The van der Waals surface area contributed by atoms with Gasteiger partial charge in [-0.2, -0.15) is 5.10 Å². The van der Waals surface area contributed by atoms with Crippen LogP contribution in [0.15, 0.2) is 36.8 Å². The molecule has 0 unspecified atom stereocenters. The molecule has 0 bridgehead atoms. The number of aromatic nitrogens is 6. The molecule has 0 atom stereocenters. The first kappa shape index (κ1) is 15.4. The average molecular weight is 363 g/mol. The van der Waals surface area contributed by atoms with Crippen LogP contribution >= 0.6 is 11.3 Å². The monoisotopic (exact) mass is 363 g/mol. The fraction of sp³-hybridized carbons (Fsp3) is 0.278. The maximum absolute atomic E-state index is 4.68. The number of fused-ring (bicyclic) bond motifs is 1. The summed E-state index contributed by atoms with van der Waals surface area (Å²) in [6.07, 6.45) is 10.5. The zero-order valence-electron chi connectivity index (χ0n) is 14.0. The third-order valence-corrected chi connectivity index (χ3v) is 5.75. The van der Waals surface area contributed by atoms with E-state index >= 15 is 0 Å². The van der Waals surface area contributed by atoms with Crippen molar-refractivity contribution in [1.29, 1.82) is 0 Å². The molecule has 0 spiro atoms. The van der Waals surface area contributed by atoms with E-state index in [0.717, 1.165) is 38.1 Å². The molecule has 1 aliphatic carbocycles. The van der Waals surface area contributed by atoms with Crippen molar-refractivity contribution in [3.63, 3.8) is 0 Å². The lowest BCUT2D eigenvalue weighted by atomic mass is 10.1. The lowest BCUT2D eigenvalue weighted by Crippen LogP contribution is -1.94. The smallest absolute Gasteiger partial charge is 0.211 e. The Kier molecular flexibility index (Phi) is 3.82.